The zero-order chi connectivity index (χ0) is 13.9. The van der Waals surface area contributed by atoms with E-state index in [0.29, 0.717) is 11.6 Å². The van der Waals surface area contributed by atoms with E-state index in [2.05, 4.69) is 18.2 Å². The molecular weight excluding hydrogens is 272 g/mol. The molecule has 20 heavy (non-hydrogen) atoms. The lowest BCUT2D eigenvalue weighted by atomic mass is 10.0. The van der Waals surface area contributed by atoms with Crippen molar-refractivity contribution in [2.75, 3.05) is 13.1 Å². The molecule has 4 heteroatoms. The van der Waals surface area contributed by atoms with E-state index >= 15 is 0 Å². The standard InChI is InChI=1S/C16H17ClN2O/c17-13-5-3-6-14(10-13)20-16-11-19(18)9-8-12-4-1-2-7-15(12)16/h1-7,10,16H,8-9,11,18H2. The van der Waals surface area contributed by atoms with Crippen molar-refractivity contribution < 1.29 is 4.74 Å². The highest BCUT2D eigenvalue weighted by Crippen LogP contribution is 2.28. The van der Waals surface area contributed by atoms with Crippen LogP contribution in [0, 0.1) is 0 Å². The molecule has 0 aromatic heterocycles. The molecule has 0 fully saturated rings. The largest absolute Gasteiger partial charge is 0.484 e. The summed E-state index contributed by atoms with van der Waals surface area (Å²) in [6.45, 7) is 1.51. The molecular formula is C16H17ClN2O. The summed E-state index contributed by atoms with van der Waals surface area (Å²) in [5, 5.41) is 2.49. The van der Waals surface area contributed by atoms with Gasteiger partial charge in [-0.3, -0.25) is 5.84 Å². The Labute approximate surface area is 123 Å². The Bertz CT molecular complexity index is 603. The van der Waals surface area contributed by atoms with Crippen molar-refractivity contribution in [3.8, 4) is 5.75 Å². The maximum absolute atomic E-state index is 6.11. The number of benzene rings is 2. The molecule has 1 aliphatic heterocycles. The minimum Gasteiger partial charge on any atom is -0.484 e. The highest BCUT2D eigenvalue weighted by Gasteiger charge is 2.22. The van der Waals surface area contributed by atoms with Crippen LogP contribution in [0.2, 0.25) is 5.02 Å². The molecule has 0 spiro atoms. The van der Waals surface area contributed by atoms with Crippen molar-refractivity contribution in [1.82, 2.24) is 5.01 Å². The fraction of sp³-hybridized carbons (Fsp3) is 0.250. The van der Waals surface area contributed by atoms with Gasteiger partial charge in [-0.15, -0.1) is 0 Å². The lowest BCUT2D eigenvalue weighted by Gasteiger charge is -2.22. The number of hydrogen-bond donors (Lipinski definition) is 1. The number of ether oxygens (including phenoxy) is 1. The molecule has 0 amide bonds. The average Bonchev–Trinajstić information content (AvgIpc) is 2.59. The normalized spacial score (nSPS) is 19.2. The van der Waals surface area contributed by atoms with Crippen molar-refractivity contribution in [3.05, 3.63) is 64.7 Å². The Hall–Kier alpha value is -1.55. The van der Waals surface area contributed by atoms with Gasteiger partial charge in [0.2, 0.25) is 0 Å². The second kappa shape index (κ2) is 5.83. The topological polar surface area (TPSA) is 38.5 Å². The number of fused-ring (bicyclic) bond motifs is 1. The Kier molecular flexibility index (Phi) is 3.92. The third-order valence-electron chi connectivity index (χ3n) is 3.55. The maximum atomic E-state index is 6.11. The van der Waals surface area contributed by atoms with E-state index in [4.69, 9.17) is 22.2 Å². The predicted molar refractivity (Wildman–Crippen MR) is 80.7 cm³/mol. The summed E-state index contributed by atoms with van der Waals surface area (Å²) in [6, 6.07) is 15.8. The Balaban J connectivity index is 1.90. The molecule has 1 atom stereocenters. The molecule has 2 N–H and O–H groups in total. The van der Waals surface area contributed by atoms with Crippen LogP contribution in [0.5, 0.6) is 5.75 Å². The molecule has 0 bridgehead atoms. The summed E-state index contributed by atoms with van der Waals surface area (Å²) in [6.07, 6.45) is 0.874. The van der Waals surface area contributed by atoms with Gasteiger partial charge in [0.05, 0.1) is 6.54 Å². The van der Waals surface area contributed by atoms with Crippen LogP contribution in [0.1, 0.15) is 17.2 Å². The van der Waals surface area contributed by atoms with Gasteiger partial charge in [0.25, 0.3) is 0 Å². The van der Waals surface area contributed by atoms with Gasteiger partial charge in [0.15, 0.2) is 0 Å². The number of halogens is 1. The molecule has 1 aliphatic rings. The van der Waals surface area contributed by atoms with Crippen molar-refractivity contribution in [1.29, 1.82) is 0 Å². The van der Waals surface area contributed by atoms with Gasteiger partial charge in [-0.25, -0.2) is 5.01 Å². The summed E-state index contributed by atoms with van der Waals surface area (Å²) in [4.78, 5) is 0. The smallest absolute Gasteiger partial charge is 0.138 e. The Morgan fingerprint density at radius 1 is 1.15 bits per heavy atom. The molecule has 104 valence electrons. The van der Waals surface area contributed by atoms with Gasteiger partial charge in [0, 0.05) is 11.6 Å². The Morgan fingerprint density at radius 2 is 2.00 bits per heavy atom. The van der Waals surface area contributed by atoms with Gasteiger partial charge < -0.3 is 4.74 Å². The van der Waals surface area contributed by atoms with Crippen LogP contribution in [0.15, 0.2) is 48.5 Å². The van der Waals surface area contributed by atoms with Gasteiger partial charge in [-0.1, -0.05) is 41.9 Å². The maximum Gasteiger partial charge on any atom is 0.138 e. The molecule has 2 aromatic rings. The second-order valence-corrected chi connectivity index (χ2v) is 5.44. The molecule has 3 nitrogen and oxygen atoms in total. The van der Waals surface area contributed by atoms with Crippen molar-refractivity contribution in [3.63, 3.8) is 0 Å². The van der Waals surface area contributed by atoms with Crippen LogP contribution in [0.3, 0.4) is 0 Å². The number of hydrazine groups is 1. The molecule has 2 aromatic carbocycles. The highest BCUT2D eigenvalue weighted by atomic mass is 35.5. The van der Waals surface area contributed by atoms with E-state index in [1.54, 1.807) is 0 Å². The van der Waals surface area contributed by atoms with Crippen molar-refractivity contribution >= 4 is 11.6 Å². The number of rotatable bonds is 2. The Morgan fingerprint density at radius 3 is 2.85 bits per heavy atom. The first kappa shape index (κ1) is 13.4. The van der Waals surface area contributed by atoms with E-state index in [1.807, 2.05) is 35.3 Å². The number of nitrogens with zero attached hydrogens (tertiary/aromatic N) is 1. The summed E-state index contributed by atoms with van der Waals surface area (Å²) < 4.78 is 6.11. The first-order chi connectivity index (χ1) is 9.72. The first-order valence-corrected chi connectivity index (χ1v) is 7.10. The van der Waals surface area contributed by atoms with Crippen LogP contribution in [-0.2, 0) is 6.42 Å². The third kappa shape index (κ3) is 2.96. The molecule has 0 saturated heterocycles. The SMILES string of the molecule is NN1CCc2ccccc2C(Oc2cccc(Cl)c2)C1. The molecule has 0 aliphatic carbocycles. The van der Waals surface area contributed by atoms with E-state index < -0.39 is 0 Å². The quantitative estimate of drug-likeness (QED) is 0.863. The predicted octanol–water partition coefficient (Wildman–Crippen LogP) is 3.19. The number of hydrogen-bond acceptors (Lipinski definition) is 3. The van der Waals surface area contributed by atoms with Crippen molar-refractivity contribution in [2.45, 2.75) is 12.5 Å². The van der Waals surface area contributed by atoms with Crippen LogP contribution < -0.4 is 10.6 Å². The van der Waals surface area contributed by atoms with Crippen LogP contribution in [0.25, 0.3) is 0 Å². The van der Waals surface area contributed by atoms with Gasteiger partial charge in [-0.05, 0) is 35.7 Å². The fourth-order valence-electron chi connectivity index (χ4n) is 2.55. The van der Waals surface area contributed by atoms with Crippen LogP contribution in [-0.4, -0.2) is 18.1 Å². The third-order valence-corrected chi connectivity index (χ3v) is 3.78. The minimum absolute atomic E-state index is 0.0721. The van der Waals surface area contributed by atoms with Gasteiger partial charge >= 0.3 is 0 Å². The van der Waals surface area contributed by atoms with E-state index in [0.717, 1.165) is 18.7 Å². The molecule has 1 unspecified atom stereocenters. The van der Waals surface area contributed by atoms with Gasteiger partial charge in [0.1, 0.15) is 11.9 Å². The second-order valence-electron chi connectivity index (χ2n) is 5.01. The van der Waals surface area contributed by atoms with Crippen LogP contribution in [0.4, 0.5) is 0 Å². The highest BCUT2D eigenvalue weighted by molar-refractivity contribution is 6.30. The fourth-order valence-corrected chi connectivity index (χ4v) is 2.73. The summed E-state index contributed by atoms with van der Waals surface area (Å²) in [5.74, 6) is 6.79. The molecule has 1 heterocycles. The molecule has 0 radical (unpaired) electrons. The van der Waals surface area contributed by atoms with Gasteiger partial charge in [-0.2, -0.15) is 0 Å². The van der Waals surface area contributed by atoms with Crippen molar-refractivity contribution in [2.24, 2.45) is 5.84 Å². The average molecular weight is 289 g/mol. The molecule has 0 saturated carbocycles. The first-order valence-electron chi connectivity index (χ1n) is 6.72. The minimum atomic E-state index is -0.0721. The lowest BCUT2D eigenvalue weighted by Crippen LogP contribution is -2.36. The zero-order valence-electron chi connectivity index (χ0n) is 11.1. The monoisotopic (exact) mass is 288 g/mol. The van der Waals surface area contributed by atoms with Crippen LogP contribution >= 0.6 is 11.6 Å². The number of nitrogens with two attached hydrogens (primary N) is 1. The van der Waals surface area contributed by atoms with E-state index in [1.165, 1.54) is 11.1 Å². The van der Waals surface area contributed by atoms with E-state index in [9.17, 15) is 0 Å². The summed E-state index contributed by atoms with van der Waals surface area (Å²) in [7, 11) is 0. The molecule has 3 rings (SSSR count). The lowest BCUT2D eigenvalue weighted by molar-refractivity contribution is 0.142. The zero-order valence-corrected chi connectivity index (χ0v) is 11.9. The summed E-state index contributed by atoms with van der Waals surface area (Å²) in [5.41, 5.74) is 2.51. The van der Waals surface area contributed by atoms with E-state index in [-0.39, 0.29) is 6.10 Å². The summed E-state index contributed by atoms with van der Waals surface area (Å²) >= 11 is 6.01.